The van der Waals surface area contributed by atoms with Crippen LogP contribution in [-0.4, -0.2) is 23.8 Å². The van der Waals surface area contributed by atoms with E-state index < -0.39 is 0 Å². The van der Waals surface area contributed by atoms with E-state index in [0.29, 0.717) is 11.3 Å². The van der Waals surface area contributed by atoms with Crippen molar-refractivity contribution >= 4 is 38.8 Å². The fourth-order valence-corrected chi connectivity index (χ4v) is 3.50. The third-order valence-electron chi connectivity index (χ3n) is 4.56. The minimum absolute atomic E-state index is 0.344. The van der Waals surface area contributed by atoms with Gasteiger partial charge in [0.2, 0.25) is 0 Å². The molecule has 4 rings (SSSR count). The van der Waals surface area contributed by atoms with E-state index in [1.165, 1.54) is 12.5 Å². The van der Waals surface area contributed by atoms with E-state index in [1.54, 1.807) is 18.3 Å². The number of carbonyl (C=O) groups is 1. The molecule has 1 N–H and O–H groups in total. The molecule has 1 heterocycles. The number of benzene rings is 3. The van der Waals surface area contributed by atoms with Crippen molar-refractivity contribution < 1.29 is 9.53 Å². The summed E-state index contributed by atoms with van der Waals surface area (Å²) >= 11 is 3.37. The highest BCUT2D eigenvalue weighted by atomic mass is 79.9. The van der Waals surface area contributed by atoms with Crippen molar-refractivity contribution in [3.63, 3.8) is 0 Å². The van der Waals surface area contributed by atoms with Crippen LogP contribution in [0.2, 0.25) is 0 Å². The van der Waals surface area contributed by atoms with Crippen LogP contribution in [0.1, 0.15) is 16.1 Å². The minimum Gasteiger partial charge on any atom is -0.496 e. The van der Waals surface area contributed by atoms with Crippen molar-refractivity contribution in [1.29, 1.82) is 0 Å². The first kappa shape index (κ1) is 19.0. The number of hydrogen-bond acceptors (Lipinski definition) is 3. The summed E-state index contributed by atoms with van der Waals surface area (Å²) in [5.41, 5.74) is 4.84. The molecule has 0 unspecified atom stereocenters. The molecule has 0 aliphatic rings. The van der Waals surface area contributed by atoms with E-state index in [9.17, 15) is 4.79 Å². The van der Waals surface area contributed by atoms with Gasteiger partial charge in [0, 0.05) is 16.4 Å². The van der Waals surface area contributed by atoms with Crippen molar-refractivity contribution in [2.24, 2.45) is 5.10 Å². The number of nitrogens with zero attached hydrogens (tertiary/aromatic N) is 2. The molecule has 3 aromatic carbocycles. The fourth-order valence-electron chi connectivity index (χ4n) is 3.14. The van der Waals surface area contributed by atoms with E-state index in [2.05, 4.69) is 56.8 Å². The van der Waals surface area contributed by atoms with Crippen molar-refractivity contribution in [2.45, 2.75) is 0 Å². The summed E-state index contributed by atoms with van der Waals surface area (Å²) in [6.45, 7) is 0. The molecule has 0 fully saturated rings. The van der Waals surface area contributed by atoms with Crippen LogP contribution < -0.4 is 10.2 Å². The highest BCUT2D eigenvalue weighted by Crippen LogP contribution is 2.23. The highest BCUT2D eigenvalue weighted by molar-refractivity contribution is 9.10. The molecule has 0 radical (unpaired) electrons. The Kier molecular flexibility index (Phi) is 5.44. The van der Waals surface area contributed by atoms with E-state index in [-0.39, 0.29) is 5.91 Å². The summed E-state index contributed by atoms with van der Waals surface area (Å²) < 4.78 is 8.05. The van der Waals surface area contributed by atoms with E-state index >= 15 is 0 Å². The summed E-state index contributed by atoms with van der Waals surface area (Å²) in [5, 5.41) is 6.48. The van der Waals surface area contributed by atoms with Gasteiger partial charge in [0.05, 0.1) is 24.6 Å². The molecule has 0 bridgehead atoms. The van der Waals surface area contributed by atoms with Crippen molar-refractivity contribution in [3.8, 4) is 11.4 Å². The lowest BCUT2D eigenvalue weighted by Gasteiger charge is -2.09. The second-order valence-electron chi connectivity index (χ2n) is 6.38. The van der Waals surface area contributed by atoms with Crippen molar-refractivity contribution in [1.82, 2.24) is 9.99 Å². The standard InChI is InChI=1S/C23H18BrN3O2/c1-29-22-11-9-18(24)14-21(22)23(28)26-25-15-20-7-4-12-27(20)19-10-8-16-5-2-3-6-17(16)13-19/h2-15H,1H3,(H,26,28)/b25-15+. The first-order valence-electron chi connectivity index (χ1n) is 8.99. The van der Waals surface area contributed by atoms with Gasteiger partial charge < -0.3 is 9.30 Å². The summed E-state index contributed by atoms with van der Waals surface area (Å²) in [6.07, 6.45) is 3.59. The largest absolute Gasteiger partial charge is 0.496 e. The van der Waals surface area contributed by atoms with Gasteiger partial charge in [-0.15, -0.1) is 0 Å². The number of rotatable bonds is 5. The van der Waals surface area contributed by atoms with Gasteiger partial charge >= 0.3 is 0 Å². The Morgan fingerprint density at radius 1 is 1.03 bits per heavy atom. The van der Waals surface area contributed by atoms with Crippen molar-refractivity contribution in [2.75, 3.05) is 7.11 Å². The Labute approximate surface area is 176 Å². The number of hydrazone groups is 1. The number of aromatic nitrogens is 1. The maximum absolute atomic E-state index is 12.5. The molecule has 0 atom stereocenters. The predicted molar refractivity (Wildman–Crippen MR) is 119 cm³/mol. The Hall–Kier alpha value is -3.38. The number of halogens is 1. The molecular formula is C23H18BrN3O2. The number of hydrogen-bond donors (Lipinski definition) is 1. The third-order valence-corrected chi connectivity index (χ3v) is 5.05. The second kappa shape index (κ2) is 8.32. The van der Waals surface area contributed by atoms with Crippen LogP contribution >= 0.6 is 15.9 Å². The maximum Gasteiger partial charge on any atom is 0.275 e. The first-order valence-corrected chi connectivity index (χ1v) is 9.78. The fraction of sp³-hybridized carbons (Fsp3) is 0.0435. The van der Waals surface area contributed by atoms with Crippen molar-refractivity contribution in [3.05, 3.63) is 94.7 Å². The van der Waals surface area contributed by atoms with Gasteiger partial charge in [-0.1, -0.05) is 46.3 Å². The Morgan fingerprint density at radius 3 is 2.69 bits per heavy atom. The molecule has 0 aliphatic heterocycles. The number of nitrogens with one attached hydrogen (secondary N) is 1. The van der Waals surface area contributed by atoms with Gasteiger partial charge in [0.15, 0.2) is 0 Å². The van der Waals surface area contributed by atoms with Crippen LogP contribution in [0.25, 0.3) is 16.5 Å². The lowest BCUT2D eigenvalue weighted by Crippen LogP contribution is -2.18. The number of ether oxygens (including phenoxy) is 1. The lowest BCUT2D eigenvalue weighted by molar-refractivity contribution is 0.0952. The van der Waals surface area contributed by atoms with Gasteiger partial charge in [-0.05, 0) is 53.2 Å². The molecule has 0 saturated heterocycles. The maximum atomic E-state index is 12.5. The number of amides is 1. The average Bonchev–Trinajstić information content (AvgIpc) is 3.21. The van der Waals surface area contributed by atoms with Crippen LogP contribution in [0, 0.1) is 0 Å². The minimum atomic E-state index is -0.344. The van der Waals surface area contributed by atoms with E-state index in [4.69, 9.17) is 4.74 Å². The van der Waals surface area contributed by atoms with Gasteiger partial charge in [-0.25, -0.2) is 5.43 Å². The molecule has 0 aliphatic carbocycles. The summed E-state index contributed by atoms with van der Waals surface area (Å²) in [7, 11) is 1.53. The zero-order valence-corrected chi connectivity index (χ0v) is 17.3. The number of carbonyl (C=O) groups excluding carboxylic acids is 1. The quantitative estimate of drug-likeness (QED) is 0.339. The normalized spacial score (nSPS) is 11.1. The van der Waals surface area contributed by atoms with Gasteiger partial charge in [0.25, 0.3) is 5.91 Å². The average molecular weight is 448 g/mol. The zero-order valence-electron chi connectivity index (χ0n) is 15.7. The molecule has 0 spiro atoms. The lowest BCUT2D eigenvalue weighted by atomic mass is 10.1. The summed E-state index contributed by atoms with van der Waals surface area (Å²) in [6, 6.07) is 23.6. The van der Waals surface area contributed by atoms with Gasteiger partial charge in [-0.3, -0.25) is 4.79 Å². The van der Waals surface area contributed by atoms with Crippen LogP contribution in [0.5, 0.6) is 5.75 Å². The Balaban J connectivity index is 1.55. The van der Waals surface area contributed by atoms with Crippen LogP contribution in [-0.2, 0) is 0 Å². The number of fused-ring (bicyclic) bond motifs is 1. The highest BCUT2D eigenvalue weighted by Gasteiger charge is 2.12. The third kappa shape index (κ3) is 4.07. The number of methoxy groups -OCH3 is 1. The first-order chi connectivity index (χ1) is 14.2. The molecule has 1 aromatic heterocycles. The Bertz CT molecular complexity index is 1210. The van der Waals surface area contributed by atoms with Crippen LogP contribution in [0.15, 0.2) is 88.6 Å². The van der Waals surface area contributed by atoms with Crippen LogP contribution in [0.3, 0.4) is 0 Å². The topological polar surface area (TPSA) is 55.6 Å². The predicted octanol–water partition coefficient (Wildman–Crippen LogP) is 5.17. The zero-order chi connectivity index (χ0) is 20.2. The molecule has 4 aromatic rings. The molecule has 1 amide bonds. The molecule has 29 heavy (non-hydrogen) atoms. The Morgan fingerprint density at radius 2 is 1.86 bits per heavy atom. The molecule has 6 heteroatoms. The smallest absolute Gasteiger partial charge is 0.275 e. The van der Waals surface area contributed by atoms with E-state index in [0.717, 1.165) is 21.2 Å². The van der Waals surface area contributed by atoms with Gasteiger partial charge in [0.1, 0.15) is 5.75 Å². The summed E-state index contributed by atoms with van der Waals surface area (Å²) in [5.74, 6) is 0.142. The second-order valence-corrected chi connectivity index (χ2v) is 7.29. The molecular weight excluding hydrogens is 430 g/mol. The summed E-state index contributed by atoms with van der Waals surface area (Å²) in [4.78, 5) is 12.5. The van der Waals surface area contributed by atoms with Gasteiger partial charge in [-0.2, -0.15) is 5.10 Å². The van der Waals surface area contributed by atoms with Crippen LogP contribution in [0.4, 0.5) is 0 Å². The molecule has 5 nitrogen and oxygen atoms in total. The molecule has 144 valence electrons. The monoisotopic (exact) mass is 447 g/mol. The SMILES string of the molecule is COc1ccc(Br)cc1C(=O)N/N=C/c1cccn1-c1ccc2ccccc2c1. The molecule has 0 saturated carbocycles. The van der Waals surface area contributed by atoms with E-state index in [1.807, 2.05) is 41.1 Å².